The number of nitrogens with zero attached hydrogens (tertiary/aromatic N) is 1. The van der Waals surface area contributed by atoms with Gasteiger partial charge in [0, 0.05) is 18.4 Å². The van der Waals surface area contributed by atoms with E-state index in [1.54, 1.807) is 12.4 Å². The molecule has 0 aliphatic heterocycles. The maximum absolute atomic E-state index is 12.8. The molecule has 1 aliphatic rings. The molecule has 2 nitrogen and oxygen atoms in total. The van der Waals surface area contributed by atoms with Crippen LogP contribution in [0, 0.1) is 5.92 Å². The lowest BCUT2D eigenvalue weighted by atomic mass is 9.84. The summed E-state index contributed by atoms with van der Waals surface area (Å²) in [7, 11) is 0. The fraction of sp³-hybridized carbons (Fsp3) is 0.421. The summed E-state index contributed by atoms with van der Waals surface area (Å²) in [6.07, 6.45) is 0.950. The topological polar surface area (TPSA) is 24.9 Å². The monoisotopic (exact) mass is 334 g/mol. The van der Waals surface area contributed by atoms with E-state index < -0.39 is 12.1 Å². The second kappa shape index (κ2) is 7.34. The van der Waals surface area contributed by atoms with E-state index in [0.29, 0.717) is 12.8 Å². The van der Waals surface area contributed by atoms with Crippen molar-refractivity contribution in [3.05, 3.63) is 66.0 Å². The molecule has 1 saturated carbocycles. The maximum Gasteiger partial charge on any atom is 0.391 e. The minimum absolute atomic E-state index is 0.0263. The number of nitrogens with one attached hydrogen (secondary N) is 1. The number of aromatic nitrogens is 1. The summed E-state index contributed by atoms with van der Waals surface area (Å²) in [5.74, 6) is -1.15. The highest BCUT2D eigenvalue weighted by Crippen LogP contribution is 2.38. The van der Waals surface area contributed by atoms with Gasteiger partial charge in [0.25, 0.3) is 0 Å². The molecule has 0 bridgehead atoms. The number of pyridine rings is 1. The molecule has 1 fully saturated rings. The highest BCUT2D eigenvalue weighted by atomic mass is 19.4. The van der Waals surface area contributed by atoms with Crippen LogP contribution in [0.3, 0.4) is 0 Å². The van der Waals surface area contributed by atoms with Gasteiger partial charge in [0.05, 0.1) is 12.0 Å². The molecule has 5 heteroatoms. The zero-order chi connectivity index (χ0) is 17.0. The molecule has 2 aromatic rings. The summed E-state index contributed by atoms with van der Waals surface area (Å²) < 4.78 is 38.5. The summed E-state index contributed by atoms with van der Waals surface area (Å²) >= 11 is 0. The fourth-order valence-electron chi connectivity index (χ4n) is 3.41. The van der Waals surface area contributed by atoms with E-state index in [4.69, 9.17) is 0 Å². The summed E-state index contributed by atoms with van der Waals surface area (Å²) in [6.45, 7) is 0. The number of hydrogen-bond donors (Lipinski definition) is 1. The predicted octanol–water partition coefficient (Wildman–Crippen LogP) is 4.88. The Kier molecular flexibility index (Phi) is 5.19. The van der Waals surface area contributed by atoms with Gasteiger partial charge in [-0.1, -0.05) is 30.3 Å². The van der Waals surface area contributed by atoms with Crippen molar-refractivity contribution in [1.29, 1.82) is 0 Å². The Balaban J connectivity index is 1.72. The van der Waals surface area contributed by atoms with Crippen molar-refractivity contribution in [2.75, 3.05) is 0 Å². The molecule has 3 rings (SSSR count). The standard InChI is InChI=1S/C19H21F3N2/c20-19(21,22)16-6-8-17(9-7-16)24-18(14-4-2-1-3-5-14)15-10-12-23-13-11-15/h1-5,10-13,16-18,24H,6-9H2. The lowest BCUT2D eigenvalue weighted by molar-refractivity contribution is -0.182. The molecule has 0 spiro atoms. The molecule has 128 valence electrons. The number of benzene rings is 1. The predicted molar refractivity (Wildman–Crippen MR) is 87.5 cm³/mol. The van der Waals surface area contributed by atoms with Gasteiger partial charge < -0.3 is 5.32 Å². The third-order valence-electron chi connectivity index (χ3n) is 4.76. The quantitative estimate of drug-likeness (QED) is 0.862. The van der Waals surface area contributed by atoms with Gasteiger partial charge in [0.1, 0.15) is 0 Å². The van der Waals surface area contributed by atoms with Gasteiger partial charge in [-0.25, -0.2) is 0 Å². The van der Waals surface area contributed by atoms with Crippen molar-refractivity contribution in [1.82, 2.24) is 10.3 Å². The van der Waals surface area contributed by atoms with E-state index in [9.17, 15) is 13.2 Å². The van der Waals surface area contributed by atoms with Crippen LogP contribution in [-0.4, -0.2) is 17.2 Å². The van der Waals surface area contributed by atoms with Crippen molar-refractivity contribution in [3.63, 3.8) is 0 Å². The molecule has 1 aromatic carbocycles. The molecule has 0 amide bonds. The lowest BCUT2D eigenvalue weighted by Crippen LogP contribution is -2.39. The van der Waals surface area contributed by atoms with Crippen LogP contribution >= 0.6 is 0 Å². The Morgan fingerprint density at radius 1 is 0.875 bits per heavy atom. The van der Waals surface area contributed by atoms with E-state index in [2.05, 4.69) is 10.3 Å². The molecule has 1 N–H and O–H groups in total. The van der Waals surface area contributed by atoms with Crippen molar-refractivity contribution in [2.24, 2.45) is 5.92 Å². The molecule has 1 unspecified atom stereocenters. The van der Waals surface area contributed by atoms with Crippen LogP contribution in [0.1, 0.15) is 42.9 Å². The molecular weight excluding hydrogens is 313 g/mol. The van der Waals surface area contributed by atoms with Crippen LogP contribution in [0.4, 0.5) is 13.2 Å². The first-order valence-electron chi connectivity index (χ1n) is 8.31. The van der Waals surface area contributed by atoms with Gasteiger partial charge in [-0.05, 0) is 48.9 Å². The van der Waals surface area contributed by atoms with Gasteiger partial charge in [-0.15, -0.1) is 0 Å². The summed E-state index contributed by atoms with van der Waals surface area (Å²) in [5.41, 5.74) is 2.19. The Labute approximate surface area is 140 Å². The van der Waals surface area contributed by atoms with E-state index in [1.165, 1.54) is 0 Å². The first-order chi connectivity index (χ1) is 11.5. The van der Waals surface area contributed by atoms with E-state index >= 15 is 0 Å². The van der Waals surface area contributed by atoms with Crippen LogP contribution in [0.25, 0.3) is 0 Å². The van der Waals surface area contributed by atoms with Crippen molar-refractivity contribution in [2.45, 2.75) is 43.9 Å². The van der Waals surface area contributed by atoms with Gasteiger partial charge in [0.15, 0.2) is 0 Å². The smallest absolute Gasteiger partial charge is 0.303 e. The van der Waals surface area contributed by atoms with Crippen molar-refractivity contribution in [3.8, 4) is 0 Å². The summed E-state index contributed by atoms with van der Waals surface area (Å²) in [5, 5.41) is 3.57. The zero-order valence-corrected chi connectivity index (χ0v) is 13.3. The Morgan fingerprint density at radius 3 is 2.04 bits per heavy atom. The van der Waals surface area contributed by atoms with Crippen LogP contribution in [-0.2, 0) is 0 Å². The minimum Gasteiger partial charge on any atom is -0.303 e. The summed E-state index contributed by atoms with van der Waals surface area (Å²) in [6, 6.07) is 14.0. The number of alkyl halides is 3. The largest absolute Gasteiger partial charge is 0.391 e. The zero-order valence-electron chi connectivity index (χ0n) is 13.3. The van der Waals surface area contributed by atoms with Crippen molar-refractivity contribution < 1.29 is 13.2 Å². The number of halogens is 3. The molecule has 1 heterocycles. The SMILES string of the molecule is FC(F)(F)C1CCC(NC(c2ccccc2)c2ccncc2)CC1. The Bertz CT molecular complexity index is 581. The second-order valence-electron chi connectivity index (χ2n) is 6.38. The first kappa shape index (κ1) is 17.0. The molecule has 0 saturated heterocycles. The highest BCUT2D eigenvalue weighted by molar-refractivity contribution is 5.30. The highest BCUT2D eigenvalue weighted by Gasteiger charge is 2.41. The maximum atomic E-state index is 12.8. The summed E-state index contributed by atoms with van der Waals surface area (Å²) in [4.78, 5) is 4.05. The van der Waals surface area contributed by atoms with Gasteiger partial charge in [-0.2, -0.15) is 13.2 Å². The van der Waals surface area contributed by atoms with Crippen LogP contribution in [0.15, 0.2) is 54.9 Å². The van der Waals surface area contributed by atoms with Gasteiger partial charge in [-0.3, -0.25) is 4.98 Å². The van der Waals surface area contributed by atoms with E-state index in [-0.39, 0.29) is 24.9 Å². The van der Waals surface area contributed by atoms with Gasteiger partial charge >= 0.3 is 6.18 Å². The van der Waals surface area contributed by atoms with Crippen LogP contribution in [0.2, 0.25) is 0 Å². The van der Waals surface area contributed by atoms with Crippen molar-refractivity contribution >= 4 is 0 Å². The molecule has 1 aliphatic carbocycles. The van der Waals surface area contributed by atoms with E-state index in [1.807, 2.05) is 42.5 Å². The normalized spacial score (nSPS) is 23.0. The Morgan fingerprint density at radius 2 is 1.46 bits per heavy atom. The van der Waals surface area contributed by atoms with E-state index in [0.717, 1.165) is 11.1 Å². The Hall–Kier alpha value is -1.88. The second-order valence-corrected chi connectivity index (χ2v) is 6.38. The minimum atomic E-state index is -4.06. The molecule has 1 aromatic heterocycles. The lowest BCUT2D eigenvalue weighted by Gasteiger charge is -2.33. The third-order valence-corrected chi connectivity index (χ3v) is 4.76. The average molecular weight is 334 g/mol. The van der Waals surface area contributed by atoms with Crippen LogP contribution < -0.4 is 5.32 Å². The molecule has 24 heavy (non-hydrogen) atoms. The molecule has 0 radical (unpaired) electrons. The number of rotatable bonds is 4. The van der Waals surface area contributed by atoms with Crippen LogP contribution in [0.5, 0.6) is 0 Å². The molecular formula is C19H21F3N2. The van der Waals surface area contributed by atoms with Gasteiger partial charge in [0.2, 0.25) is 0 Å². The first-order valence-corrected chi connectivity index (χ1v) is 8.31. The molecule has 1 atom stereocenters. The fourth-order valence-corrected chi connectivity index (χ4v) is 3.41. The number of hydrogen-bond acceptors (Lipinski definition) is 2. The average Bonchev–Trinajstić information content (AvgIpc) is 2.61. The third kappa shape index (κ3) is 4.15.